The van der Waals surface area contributed by atoms with Crippen molar-refractivity contribution in [3.63, 3.8) is 0 Å². The van der Waals surface area contributed by atoms with Gasteiger partial charge < -0.3 is 9.47 Å². The van der Waals surface area contributed by atoms with E-state index in [0.29, 0.717) is 21.5 Å². The monoisotopic (exact) mass is 425 g/mol. The molecule has 1 aromatic heterocycles. The van der Waals surface area contributed by atoms with E-state index in [1.54, 1.807) is 12.1 Å². The fourth-order valence-corrected chi connectivity index (χ4v) is 2.98. The number of hydrogen-bond donors (Lipinski definition) is 0. The number of para-hydroxylation sites is 1. The number of nitrogens with zero attached hydrogens (tertiary/aromatic N) is 1. The predicted molar refractivity (Wildman–Crippen MR) is 107 cm³/mol. The number of esters is 2. The van der Waals surface area contributed by atoms with Crippen LogP contribution < -0.4 is 9.47 Å². The zero-order valence-corrected chi connectivity index (χ0v) is 16.3. The Morgan fingerprint density at radius 1 is 0.926 bits per heavy atom. The third kappa shape index (κ3) is 4.80. The summed E-state index contributed by atoms with van der Waals surface area (Å²) in [5.41, 5.74) is 2.26. The van der Waals surface area contributed by atoms with Crippen LogP contribution >= 0.6 is 15.9 Å². The number of benzene rings is 2. The summed E-state index contributed by atoms with van der Waals surface area (Å²) in [6.45, 7) is 2.72. The first kappa shape index (κ1) is 18.8. The molecule has 27 heavy (non-hydrogen) atoms. The molecular weight excluding hydrogens is 410 g/mol. The maximum atomic E-state index is 11.3. The number of carbonyl (C=O) groups is 2. The molecule has 0 amide bonds. The molecule has 0 aliphatic rings. The van der Waals surface area contributed by atoms with Crippen LogP contribution in [0.1, 0.15) is 25.1 Å². The molecule has 0 N–H and O–H groups in total. The van der Waals surface area contributed by atoms with Crippen molar-refractivity contribution in [3.8, 4) is 11.5 Å². The number of aromatic nitrogens is 1. The lowest BCUT2D eigenvalue weighted by Gasteiger charge is -2.06. The highest BCUT2D eigenvalue weighted by Crippen LogP contribution is 2.28. The molecule has 0 aliphatic heterocycles. The molecular formula is C21H16BrNO4. The normalized spacial score (nSPS) is 10.9. The number of carbonyl (C=O) groups excluding carboxylic acids is 2. The summed E-state index contributed by atoms with van der Waals surface area (Å²) in [7, 11) is 0. The second-order valence-corrected chi connectivity index (χ2v) is 6.63. The summed E-state index contributed by atoms with van der Waals surface area (Å²) < 4.78 is 11.0. The van der Waals surface area contributed by atoms with Gasteiger partial charge in [0, 0.05) is 19.2 Å². The van der Waals surface area contributed by atoms with E-state index in [1.165, 1.54) is 13.8 Å². The Morgan fingerprint density at radius 2 is 1.67 bits per heavy atom. The summed E-state index contributed by atoms with van der Waals surface area (Å²) in [4.78, 5) is 26.9. The van der Waals surface area contributed by atoms with Gasteiger partial charge in [-0.05, 0) is 51.8 Å². The van der Waals surface area contributed by atoms with Crippen molar-refractivity contribution < 1.29 is 19.1 Å². The van der Waals surface area contributed by atoms with E-state index in [4.69, 9.17) is 9.47 Å². The highest BCUT2D eigenvalue weighted by Gasteiger charge is 2.07. The largest absolute Gasteiger partial charge is 0.426 e. The minimum absolute atomic E-state index is 0.372. The third-order valence-electron chi connectivity index (χ3n) is 3.61. The number of rotatable bonds is 4. The van der Waals surface area contributed by atoms with E-state index >= 15 is 0 Å². The van der Waals surface area contributed by atoms with E-state index in [1.807, 2.05) is 48.6 Å². The van der Waals surface area contributed by atoms with Crippen LogP contribution in [0, 0.1) is 0 Å². The molecule has 0 saturated heterocycles. The Kier molecular flexibility index (Phi) is 5.66. The SMILES string of the molecule is CC(=O)Oc1ccc(/C=C/c2ccc3cccc(OC(C)=O)c3n2)cc1Br. The average molecular weight is 426 g/mol. The van der Waals surface area contributed by atoms with Crippen LogP contribution in [-0.2, 0) is 9.59 Å². The van der Waals surface area contributed by atoms with Crippen LogP contribution in [0.3, 0.4) is 0 Å². The zero-order valence-electron chi connectivity index (χ0n) is 14.7. The van der Waals surface area contributed by atoms with E-state index < -0.39 is 0 Å². The molecule has 5 nitrogen and oxygen atoms in total. The first-order valence-corrected chi connectivity index (χ1v) is 8.96. The second-order valence-electron chi connectivity index (χ2n) is 5.77. The lowest BCUT2D eigenvalue weighted by atomic mass is 10.1. The summed E-state index contributed by atoms with van der Waals surface area (Å²) in [5.74, 6) is 0.143. The van der Waals surface area contributed by atoms with Gasteiger partial charge in [-0.1, -0.05) is 30.3 Å². The highest BCUT2D eigenvalue weighted by molar-refractivity contribution is 9.10. The summed E-state index contributed by atoms with van der Waals surface area (Å²) >= 11 is 3.39. The first-order valence-electron chi connectivity index (χ1n) is 8.16. The van der Waals surface area contributed by atoms with Gasteiger partial charge in [-0.3, -0.25) is 9.59 Å². The fraction of sp³-hybridized carbons (Fsp3) is 0.0952. The standard InChI is InChI=1S/C21H16BrNO4/c1-13(24)26-19-11-7-15(12-18(19)22)6-9-17-10-8-16-4-3-5-20(21(16)23-17)27-14(2)25/h3-12H,1-2H3/b9-6+. The lowest BCUT2D eigenvalue weighted by molar-refractivity contribution is -0.132. The molecule has 0 fully saturated rings. The highest BCUT2D eigenvalue weighted by atomic mass is 79.9. The van der Waals surface area contributed by atoms with Gasteiger partial charge >= 0.3 is 11.9 Å². The minimum atomic E-state index is -0.386. The number of pyridine rings is 1. The van der Waals surface area contributed by atoms with Crippen LogP contribution in [0.25, 0.3) is 23.1 Å². The number of fused-ring (bicyclic) bond motifs is 1. The van der Waals surface area contributed by atoms with Crippen molar-refractivity contribution in [3.05, 3.63) is 64.3 Å². The van der Waals surface area contributed by atoms with Crippen molar-refractivity contribution in [2.75, 3.05) is 0 Å². The van der Waals surface area contributed by atoms with E-state index in [-0.39, 0.29) is 11.9 Å². The molecule has 0 saturated carbocycles. The maximum Gasteiger partial charge on any atom is 0.308 e. The average Bonchev–Trinajstić information content (AvgIpc) is 2.61. The summed E-state index contributed by atoms with van der Waals surface area (Å²) in [5, 5.41) is 0.888. The summed E-state index contributed by atoms with van der Waals surface area (Å²) in [6, 6.07) is 14.7. The van der Waals surface area contributed by atoms with Crippen molar-refractivity contribution in [2.24, 2.45) is 0 Å². The Morgan fingerprint density at radius 3 is 2.37 bits per heavy atom. The molecule has 3 aromatic rings. The fourth-order valence-electron chi connectivity index (χ4n) is 2.50. The van der Waals surface area contributed by atoms with Crippen LogP contribution in [0.4, 0.5) is 0 Å². The van der Waals surface area contributed by atoms with Gasteiger partial charge in [0.2, 0.25) is 0 Å². The molecule has 136 valence electrons. The van der Waals surface area contributed by atoms with Crippen molar-refractivity contribution >= 4 is 50.9 Å². The van der Waals surface area contributed by atoms with Crippen molar-refractivity contribution in [1.29, 1.82) is 0 Å². The maximum absolute atomic E-state index is 11.3. The predicted octanol–water partition coefficient (Wildman–Crippen LogP) is 5.02. The number of hydrogen-bond acceptors (Lipinski definition) is 5. The molecule has 0 unspecified atom stereocenters. The van der Waals surface area contributed by atoms with E-state index in [9.17, 15) is 9.59 Å². The molecule has 0 atom stereocenters. The van der Waals surface area contributed by atoms with Gasteiger partial charge in [0.15, 0.2) is 5.75 Å². The van der Waals surface area contributed by atoms with Gasteiger partial charge in [0.25, 0.3) is 0 Å². The first-order chi connectivity index (χ1) is 12.9. The van der Waals surface area contributed by atoms with Crippen LogP contribution in [-0.4, -0.2) is 16.9 Å². The number of ether oxygens (including phenoxy) is 2. The molecule has 3 rings (SSSR count). The van der Waals surface area contributed by atoms with Crippen LogP contribution in [0.2, 0.25) is 0 Å². The molecule has 1 heterocycles. The van der Waals surface area contributed by atoms with Gasteiger partial charge in [-0.2, -0.15) is 0 Å². The number of halogens is 1. The smallest absolute Gasteiger partial charge is 0.308 e. The quantitative estimate of drug-likeness (QED) is 0.433. The molecule has 0 aliphatic carbocycles. The van der Waals surface area contributed by atoms with Crippen LogP contribution in [0.5, 0.6) is 11.5 Å². The molecule has 0 spiro atoms. The Labute approximate surface area is 164 Å². The van der Waals surface area contributed by atoms with Gasteiger partial charge in [0.1, 0.15) is 11.3 Å². The van der Waals surface area contributed by atoms with Crippen molar-refractivity contribution in [1.82, 2.24) is 4.98 Å². The van der Waals surface area contributed by atoms with Gasteiger partial charge in [-0.25, -0.2) is 4.98 Å². The topological polar surface area (TPSA) is 65.5 Å². The Bertz CT molecular complexity index is 1060. The summed E-state index contributed by atoms with van der Waals surface area (Å²) in [6.07, 6.45) is 3.75. The molecule has 6 heteroatoms. The second kappa shape index (κ2) is 8.14. The van der Waals surface area contributed by atoms with Crippen LogP contribution in [0.15, 0.2) is 53.0 Å². The van der Waals surface area contributed by atoms with Gasteiger partial charge in [-0.15, -0.1) is 0 Å². The van der Waals surface area contributed by atoms with Crippen molar-refractivity contribution in [2.45, 2.75) is 13.8 Å². The third-order valence-corrected chi connectivity index (χ3v) is 4.23. The van der Waals surface area contributed by atoms with E-state index in [2.05, 4.69) is 20.9 Å². The molecule has 2 aromatic carbocycles. The lowest BCUT2D eigenvalue weighted by Crippen LogP contribution is -2.02. The Hall–Kier alpha value is -2.99. The molecule has 0 bridgehead atoms. The minimum Gasteiger partial charge on any atom is -0.426 e. The zero-order chi connectivity index (χ0) is 19.4. The Balaban J connectivity index is 1.88. The van der Waals surface area contributed by atoms with Gasteiger partial charge in [0.05, 0.1) is 10.2 Å². The van der Waals surface area contributed by atoms with E-state index in [0.717, 1.165) is 16.6 Å². The molecule has 0 radical (unpaired) electrons.